The Labute approximate surface area is 136 Å². The number of nitrogens with zero attached hydrogens (tertiary/aromatic N) is 3. The Hall–Kier alpha value is -1.85. The first-order valence-corrected chi connectivity index (χ1v) is 8.56. The molecule has 1 aromatic heterocycles. The first kappa shape index (κ1) is 16.0. The Morgan fingerprint density at radius 1 is 1.39 bits per heavy atom. The number of amides is 1. The highest BCUT2D eigenvalue weighted by Crippen LogP contribution is 2.39. The monoisotopic (exact) mass is 319 g/mol. The maximum absolute atomic E-state index is 12.8. The van der Waals surface area contributed by atoms with Gasteiger partial charge in [0.25, 0.3) is 5.91 Å². The number of carbonyl (C=O) groups excluding carboxylic acids is 2. The highest BCUT2D eigenvalue weighted by molar-refractivity contribution is 5.95. The van der Waals surface area contributed by atoms with E-state index in [0.29, 0.717) is 37.2 Å². The third kappa shape index (κ3) is 3.12. The molecule has 2 aliphatic rings. The van der Waals surface area contributed by atoms with Crippen molar-refractivity contribution in [3.05, 3.63) is 17.5 Å². The summed E-state index contributed by atoms with van der Waals surface area (Å²) in [6.07, 6.45) is 3.97. The van der Waals surface area contributed by atoms with Gasteiger partial charge in [-0.05, 0) is 58.4 Å². The van der Waals surface area contributed by atoms with Crippen LogP contribution in [0, 0.1) is 12.8 Å². The molecule has 6 nitrogen and oxygen atoms in total. The van der Waals surface area contributed by atoms with E-state index in [1.807, 2.05) is 17.7 Å². The summed E-state index contributed by atoms with van der Waals surface area (Å²) in [5.74, 6) is 0.210. The SMILES string of the molecule is CCOC(=O)[C@H]1CCCN1C(=O)c1cc(C)n([C@H](C)C2CC2)n1. The van der Waals surface area contributed by atoms with Crippen molar-refractivity contribution in [3.8, 4) is 0 Å². The van der Waals surface area contributed by atoms with Gasteiger partial charge in [0.1, 0.15) is 6.04 Å². The molecule has 0 spiro atoms. The quantitative estimate of drug-likeness (QED) is 0.781. The number of aryl methyl sites for hydroxylation is 1. The van der Waals surface area contributed by atoms with Crippen LogP contribution in [0.4, 0.5) is 0 Å². The van der Waals surface area contributed by atoms with Crippen LogP contribution in [0.1, 0.15) is 61.8 Å². The maximum atomic E-state index is 12.8. The highest BCUT2D eigenvalue weighted by Gasteiger charge is 2.37. The molecular formula is C17H25N3O3. The number of hydrogen-bond acceptors (Lipinski definition) is 4. The number of carbonyl (C=O) groups is 2. The van der Waals surface area contributed by atoms with E-state index < -0.39 is 6.04 Å². The maximum Gasteiger partial charge on any atom is 0.328 e. The molecule has 3 rings (SSSR count). The van der Waals surface area contributed by atoms with Gasteiger partial charge in [-0.2, -0.15) is 5.10 Å². The molecular weight excluding hydrogens is 294 g/mol. The molecule has 1 aromatic rings. The number of esters is 1. The lowest BCUT2D eigenvalue weighted by Gasteiger charge is -2.22. The number of ether oxygens (including phenoxy) is 1. The molecule has 1 aliphatic heterocycles. The minimum atomic E-state index is -0.464. The lowest BCUT2D eigenvalue weighted by molar-refractivity contribution is -0.147. The summed E-state index contributed by atoms with van der Waals surface area (Å²) in [6.45, 7) is 6.85. The molecule has 0 unspecified atom stereocenters. The Kier molecular flexibility index (Phi) is 4.41. The third-order valence-corrected chi connectivity index (χ3v) is 4.90. The summed E-state index contributed by atoms with van der Waals surface area (Å²) in [4.78, 5) is 26.4. The van der Waals surface area contributed by atoms with Crippen LogP contribution in [0.15, 0.2) is 6.07 Å². The topological polar surface area (TPSA) is 64.4 Å². The van der Waals surface area contributed by atoms with Crippen LogP contribution in [0.5, 0.6) is 0 Å². The zero-order valence-electron chi connectivity index (χ0n) is 14.1. The average Bonchev–Trinajstić information content (AvgIpc) is 3.13. The van der Waals surface area contributed by atoms with Gasteiger partial charge in [-0.1, -0.05) is 0 Å². The van der Waals surface area contributed by atoms with Gasteiger partial charge < -0.3 is 9.64 Å². The first-order chi connectivity index (χ1) is 11.0. The van der Waals surface area contributed by atoms with E-state index in [0.717, 1.165) is 12.1 Å². The zero-order chi connectivity index (χ0) is 16.6. The van der Waals surface area contributed by atoms with Gasteiger partial charge in [-0.15, -0.1) is 0 Å². The second kappa shape index (κ2) is 6.34. The van der Waals surface area contributed by atoms with E-state index in [4.69, 9.17) is 4.74 Å². The normalized spacial score (nSPS) is 22.2. The molecule has 6 heteroatoms. The van der Waals surface area contributed by atoms with Crippen LogP contribution in [0.2, 0.25) is 0 Å². The summed E-state index contributed by atoms with van der Waals surface area (Å²) >= 11 is 0. The van der Waals surface area contributed by atoms with Crippen molar-refractivity contribution in [1.82, 2.24) is 14.7 Å². The molecule has 1 saturated heterocycles. The molecule has 2 fully saturated rings. The van der Waals surface area contributed by atoms with E-state index in [2.05, 4.69) is 12.0 Å². The van der Waals surface area contributed by atoms with Crippen LogP contribution in [0.25, 0.3) is 0 Å². The summed E-state index contributed by atoms with van der Waals surface area (Å²) in [5.41, 5.74) is 1.44. The van der Waals surface area contributed by atoms with Gasteiger partial charge in [-0.25, -0.2) is 4.79 Å². The Morgan fingerprint density at radius 3 is 2.78 bits per heavy atom. The van der Waals surface area contributed by atoms with Gasteiger partial charge in [0.05, 0.1) is 12.6 Å². The fourth-order valence-corrected chi connectivity index (χ4v) is 3.42. The van der Waals surface area contributed by atoms with Gasteiger partial charge in [0.2, 0.25) is 0 Å². The minimum Gasteiger partial charge on any atom is -0.464 e. The molecule has 1 aliphatic carbocycles. The van der Waals surface area contributed by atoms with E-state index in [1.54, 1.807) is 11.8 Å². The Bertz CT molecular complexity index is 606. The standard InChI is InChI=1S/C17H25N3O3/c1-4-23-17(22)15-6-5-9-19(15)16(21)14-10-11(2)20(18-14)12(3)13-7-8-13/h10,12-13,15H,4-9H2,1-3H3/t12-,15-/m1/s1. The number of likely N-dealkylation sites (tertiary alicyclic amines) is 1. The molecule has 0 N–H and O–H groups in total. The fraction of sp³-hybridized carbons (Fsp3) is 0.706. The van der Waals surface area contributed by atoms with Crippen molar-refractivity contribution in [1.29, 1.82) is 0 Å². The van der Waals surface area contributed by atoms with E-state index in [1.165, 1.54) is 12.8 Å². The summed E-state index contributed by atoms with van der Waals surface area (Å²) in [7, 11) is 0. The Balaban J connectivity index is 1.77. The summed E-state index contributed by atoms with van der Waals surface area (Å²) < 4.78 is 7.05. The molecule has 0 bridgehead atoms. The molecule has 0 aromatic carbocycles. The van der Waals surface area contributed by atoms with E-state index in [-0.39, 0.29) is 11.9 Å². The minimum absolute atomic E-state index is 0.162. The van der Waals surface area contributed by atoms with Crippen molar-refractivity contribution in [2.75, 3.05) is 13.2 Å². The number of rotatable bonds is 5. The highest BCUT2D eigenvalue weighted by atomic mass is 16.5. The van der Waals surface area contributed by atoms with Crippen LogP contribution >= 0.6 is 0 Å². The van der Waals surface area contributed by atoms with Crippen molar-refractivity contribution in [3.63, 3.8) is 0 Å². The van der Waals surface area contributed by atoms with E-state index >= 15 is 0 Å². The van der Waals surface area contributed by atoms with Gasteiger partial charge in [-0.3, -0.25) is 9.48 Å². The Morgan fingerprint density at radius 2 is 2.13 bits per heavy atom. The first-order valence-electron chi connectivity index (χ1n) is 8.56. The van der Waals surface area contributed by atoms with Crippen molar-refractivity contribution >= 4 is 11.9 Å². The number of aromatic nitrogens is 2. The van der Waals surface area contributed by atoms with Gasteiger partial charge in [0.15, 0.2) is 5.69 Å². The summed E-state index contributed by atoms with van der Waals surface area (Å²) in [5, 5.41) is 4.53. The third-order valence-electron chi connectivity index (χ3n) is 4.90. The van der Waals surface area contributed by atoms with Crippen LogP contribution < -0.4 is 0 Å². The molecule has 126 valence electrons. The molecule has 2 atom stereocenters. The lowest BCUT2D eigenvalue weighted by Crippen LogP contribution is -2.41. The lowest BCUT2D eigenvalue weighted by atomic mass is 10.2. The smallest absolute Gasteiger partial charge is 0.328 e. The molecule has 0 radical (unpaired) electrons. The molecule has 23 heavy (non-hydrogen) atoms. The molecule has 1 saturated carbocycles. The van der Waals surface area contributed by atoms with Crippen molar-refractivity contribution < 1.29 is 14.3 Å². The fourth-order valence-electron chi connectivity index (χ4n) is 3.42. The summed E-state index contributed by atoms with van der Waals surface area (Å²) in [6, 6.07) is 1.70. The van der Waals surface area contributed by atoms with Crippen LogP contribution in [-0.4, -0.2) is 45.8 Å². The molecule has 2 heterocycles. The predicted molar refractivity (Wildman–Crippen MR) is 85.1 cm³/mol. The van der Waals surface area contributed by atoms with Crippen LogP contribution in [-0.2, 0) is 9.53 Å². The van der Waals surface area contributed by atoms with Crippen LogP contribution in [0.3, 0.4) is 0 Å². The van der Waals surface area contributed by atoms with Crippen molar-refractivity contribution in [2.24, 2.45) is 5.92 Å². The average molecular weight is 319 g/mol. The number of hydrogen-bond donors (Lipinski definition) is 0. The second-order valence-electron chi connectivity index (χ2n) is 6.60. The van der Waals surface area contributed by atoms with Gasteiger partial charge in [0, 0.05) is 12.2 Å². The predicted octanol–water partition coefficient (Wildman–Crippen LogP) is 2.33. The van der Waals surface area contributed by atoms with E-state index in [9.17, 15) is 9.59 Å². The van der Waals surface area contributed by atoms with Gasteiger partial charge >= 0.3 is 5.97 Å². The largest absolute Gasteiger partial charge is 0.464 e. The molecule has 1 amide bonds. The van der Waals surface area contributed by atoms with Crippen molar-refractivity contribution in [2.45, 2.75) is 58.5 Å². The zero-order valence-corrected chi connectivity index (χ0v) is 14.1. The second-order valence-corrected chi connectivity index (χ2v) is 6.60.